The Kier molecular flexibility index (Phi) is 10.1. The minimum Gasteiger partial charge on any atom is -0.436 e. The molecule has 14 heteroatoms. The molecule has 2 aliphatic heterocycles. The summed E-state index contributed by atoms with van der Waals surface area (Å²) in [7, 11) is 0. The highest BCUT2D eigenvalue weighted by Crippen LogP contribution is 2.55. The van der Waals surface area contributed by atoms with Crippen molar-refractivity contribution in [2.24, 2.45) is 17.3 Å². The van der Waals surface area contributed by atoms with Crippen LogP contribution in [0.15, 0.2) is 0 Å². The number of alkyl carbamates (subject to hydrolysis) is 1. The fourth-order valence-corrected chi connectivity index (χ4v) is 5.22. The van der Waals surface area contributed by atoms with Gasteiger partial charge in [0.2, 0.25) is 11.8 Å². The first-order chi connectivity index (χ1) is 18.6. The van der Waals surface area contributed by atoms with Crippen LogP contribution in [0.1, 0.15) is 66.2 Å². The van der Waals surface area contributed by atoms with Crippen molar-refractivity contribution in [2.45, 2.75) is 96.8 Å². The molecule has 226 valence electrons. The molecule has 0 radical (unpaired) electrons. The summed E-state index contributed by atoms with van der Waals surface area (Å²) in [5, 5.41) is 7.69. The third kappa shape index (κ3) is 8.80. The molecule has 0 aromatic carbocycles. The van der Waals surface area contributed by atoms with Crippen LogP contribution in [0, 0.1) is 17.3 Å². The number of nitrogens with one attached hydrogen (secondary N) is 3. The van der Waals surface area contributed by atoms with E-state index in [4.69, 9.17) is 4.74 Å². The SMILES string of the molecule is CC(C)C[C@@H](OC(=O)NC(C)C)C(=O)N1CC2(CC2)C[C@H]1C(=O)N[C@@H](C[C@@H]1CCNC1=O)C(=O)COC(F)(F)F. The van der Waals surface area contributed by atoms with Gasteiger partial charge in [0.1, 0.15) is 12.6 Å². The molecule has 2 heterocycles. The molecule has 0 unspecified atom stereocenters. The van der Waals surface area contributed by atoms with Crippen LogP contribution in [-0.4, -0.2) is 84.8 Å². The third-order valence-corrected chi connectivity index (χ3v) is 7.43. The Bertz CT molecular complexity index is 984. The van der Waals surface area contributed by atoms with Gasteiger partial charge < -0.3 is 25.6 Å². The molecule has 4 amide bonds. The Morgan fingerprint density at radius 3 is 2.33 bits per heavy atom. The molecule has 0 bridgehead atoms. The average molecular weight is 577 g/mol. The normalized spacial score (nSPS) is 23.2. The minimum atomic E-state index is -5.05. The van der Waals surface area contributed by atoms with Gasteiger partial charge in [-0.3, -0.25) is 23.9 Å². The van der Waals surface area contributed by atoms with Crippen molar-refractivity contribution in [1.82, 2.24) is 20.9 Å². The zero-order valence-electron chi connectivity index (χ0n) is 23.3. The molecule has 1 saturated carbocycles. The molecular weight excluding hydrogens is 537 g/mol. The first-order valence-corrected chi connectivity index (χ1v) is 13.7. The van der Waals surface area contributed by atoms with Crippen LogP contribution in [0.2, 0.25) is 0 Å². The van der Waals surface area contributed by atoms with Crippen molar-refractivity contribution in [2.75, 3.05) is 19.7 Å². The van der Waals surface area contributed by atoms with Crippen molar-refractivity contribution in [3.8, 4) is 0 Å². The molecule has 2 saturated heterocycles. The van der Waals surface area contributed by atoms with Gasteiger partial charge in [-0.1, -0.05) is 13.8 Å². The summed E-state index contributed by atoms with van der Waals surface area (Å²) in [6.07, 6.45) is -4.70. The Labute approximate surface area is 231 Å². The fraction of sp³-hybridized carbons (Fsp3) is 0.808. The largest absolute Gasteiger partial charge is 0.522 e. The first kappa shape index (κ1) is 31.6. The van der Waals surface area contributed by atoms with E-state index in [-0.39, 0.29) is 42.7 Å². The Hall–Kier alpha value is -2.90. The summed E-state index contributed by atoms with van der Waals surface area (Å²) in [4.78, 5) is 65.7. The van der Waals surface area contributed by atoms with Gasteiger partial charge in [0.15, 0.2) is 11.9 Å². The van der Waals surface area contributed by atoms with Crippen LogP contribution < -0.4 is 16.0 Å². The number of halogens is 3. The number of ketones is 1. The van der Waals surface area contributed by atoms with Gasteiger partial charge in [-0.25, -0.2) is 4.79 Å². The molecule has 1 spiro atoms. The standard InChI is InChI=1S/C26H39F3N4O7/c1-14(2)9-20(40-24(38)31-15(3)4)23(37)33-13-25(6-7-25)11-18(33)22(36)32-17(10-16-5-8-30-21(16)35)19(34)12-39-26(27,28)29/h14-18,20H,5-13H2,1-4H3,(H,30,35)(H,31,38)(H,32,36)/t16-,17-,18-,20+/m0/s1. The number of likely N-dealkylation sites (tertiary alicyclic amines) is 1. The van der Waals surface area contributed by atoms with E-state index in [1.54, 1.807) is 13.8 Å². The smallest absolute Gasteiger partial charge is 0.436 e. The molecule has 3 rings (SSSR count). The van der Waals surface area contributed by atoms with E-state index in [0.29, 0.717) is 19.4 Å². The molecule has 0 aromatic rings. The highest BCUT2D eigenvalue weighted by molar-refractivity contribution is 5.95. The Balaban J connectivity index is 1.78. The van der Waals surface area contributed by atoms with Crippen LogP contribution in [0.3, 0.4) is 0 Å². The number of nitrogens with zero attached hydrogens (tertiary/aromatic N) is 1. The topological polar surface area (TPSA) is 143 Å². The molecule has 40 heavy (non-hydrogen) atoms. The summed E-state index contributed by atoms with van der Waals surface area (Å²) in [6.45, 7) is 6.49. The van der Waals surface area contributed by atoms with Crippen LogP contribution in [0.5, 0.6) is 0 Å². The number of amides is 4. The quantitative estimate of drug-likeness (QED) is 0.323. The van der Waals surface area contributed by atoms with Crippen LogP contribution in [0.25, 0.3) is 0 Å². The van der Waals surface area contributed by atoms with Crippen molar-refractivity contribution in [3.05, 3.63) is 0 Å². The third-order valence-electron chi connectivity index (χ3n) is 7.43. The lowest BCUT2D eigenvalue weighted by Crippen LogP contribution is -2.54. The second-order valence-electron chi connectivity index (χ2n) is 11.8. The van der Waals surface area contributed by atoms with Crippen LogP contribution in [-0.2, 0) is 28.7 Å². The number of hydrogen-bond acceptors (Lipinski definition) is 7. The monoisotopic (exact) mass is 576 g/mol. The predicted molar refractivity (Wildman–Crippen MR) is 134 cm³/mol. The number of carbonyl (C=O) groups is 5. The number of Topliss-reactive ketones (excluding diaryl/α,β-unsaturated/α-hetero) is 1. The summed E-state index contributed by atoms with van der Waals surface area (Å²) >= 11 is 0. The van der Waals surface area contributed by atoms with E-state index in [1.165, 1.54) is 4.90 Å². The van der Waals surface area contributed by atoms with E-state index in [1.807, 2.05) is 13.8 Å². The number of ether oxygens (including phenoxy) is 2. The van der Waals surface area contributed by atoms with Crippen LogP contribution >= 0.6 is 0 Å². The highest BCUT2D eigenvalue weighted by atomic mass is 19.4. The van der Waals surface area contributed by atoms with Gasteiger partial charge in [-0.2, -0.15) is 0 Å². The highest BCUT2D eigenvalue weighted by Gasteiger charge is 2.56. The molecular formula is C26H39F3N4O7. The fourth-order valence-electron chi connectivity index (χ4n) is 5.22. The number of hydrogen-bond donors (Lipinski definition) is 3. The molecule has 4 atom stereocenters. The molecule has 3 aliphatic rings. The lowest BCUT2D eigenvalue weighted by molar-refractivity contribution is -0.321. The number of rotatable bonds is 12. The van der Waals surface area contributed by atoms with Gasteiger partial charge in [0, 0.05) is 25.0 Å². The van der Waals surface area contributed by atoms with E-state index in [9.17, 15) is 37.1 Å². The molecule has 1 aliphatic carbocycles. The lowest BCUT2D eigenvalue weighted by Gasteiger charge is -2.30. The lowest BCUT2D eigenvalue weighted by atomic mass is 9.95. The summed E-state index contributed by atoms with van der Waals surface area (Å²) in [5.74, 6) is -3.33. The number of carbonyl (C=O) groups excluding carboxylic acids is 5. The zero-order chi connectivity index (χ0) is 29.8. The van der Waals surface area contributed by atoms with E-state index in [2.05, 4.69) is 20.7 Å². The van der Waals surface area contributed by atoms with Gasteiger partial charge in [0.25, 0.3) is 5.91 Å². The maximum atomic E-state index is 13.7. The Morgan fingerprint density at radius 1 is 1.12 bits per heavy atom. The van der Waals surface area contributed by atoms with Crippen LogP contribution in [0.4, 0.5) is 18.0 Å². The van der Waals surface area contributed by atoms with Crippen molar-refractivity contribution >= 4 is 29.6 Å². The molecule has 11 nitrogen and oxygen atoms in total. The maximum Gasteiger partial charge on any atom is 0.522 e. The second-order valence-corrected chi connectivity index (χ2v) is 11.8. The molecule has 3 N–H and O–H groups in total. The zero-order valence-corrected chi connectivity index (χ0v) is 23.3. The Morgan fingerprint density at radius 2 is 1.80 bits per heavy atom. The van der Waals surface area contributed by atoms with E-state index >= 15 is 0 Å². The van der Waals surface area contributed by atoms with Gasteiger partial charge >= 0.3 is 12.5 Å². The number of alkyl halides is 3. The summed E-state index contributed by atoms with van der Waals surface area (Å²) in [6, 6.07) is -2.66. The van der Waals surface area contributed by atoms with E-state index in [0.717, 1.165) is 12.8 Å². The van der Waals surface area contributed by atoms with Gasteiger partial charge in [-0.05, 0) is 63.7 Å². The molecule has 0 aromatic heterocycles. The van der Waals surface area contributed by atoms with E-state index < -0.39 is 60.8 Å². The predicted octanol–water partition coefficient (Wildman–Crippen LogP) is 2.03. The van der Waals surface area contributed by atoms with Gasteiger partial charge in [-0.15, -0.1) is 13.2 Å². The maximum absolute atomic E-state index is 13.7. The van der Waals surface area contributed by atoms with Crippen molar-refractivity contribution in [3.63, 3.8) is 0 Å². The average Bonchev–Trinajstić information content (AvgIpc) is 3.29. The van der Waals surface area contributed by atoms with Crippen molar-refractivity contribution in [1.29, 1.82) is 0 Å². The summed E-state index contributed by atoms with van der Waals surface area (Å²) in [5.41, 5.74) is -0.273. The minimum absolute atomic E-state index is 0.0150. The van der Waals surface area contributed by atoms with Crippen molar-refractivity contribution < 1.29 is 46.6 Å². The second kappa shape index (κ2) is 12.7. The molecule has 3 fully saturated rings. The van der Waals surface area contributed by atoms with Gasteiger partial charge in [0.05, 0.1) is 6.04 Å². The first-order valence-electron chi connectivity index (χ1n) is 13.7. The summed E-state index contributed by atoms with van der Waals surface area (Å²) < 4.78 is 46.9.